The first-order valence-electron chi connectivity index (χ1n) is 8.11. The van der Waals surface area contributed by atoms with Crippen LogP contribution in [0.3, 0.4) is 0 Å². The number of hydrogen-bond donors (Lipinski definition) is 1. The highest BCUT2D eigenvalue weighted by molar-refractivity contribution is 5.30. The fourth-order valence-corrected chi connectivity index (χ4v) is 2.54. The van der Waals surface area contributed by atoms with Crippen LogP contribution in [0.15, 0.2) is 24.3 Å². The van der Waals surface area contributed by atoms with Crippen LogP contribution < -0.4 is 10.1 Å². The van der Waals surface area contributed by atoms with Crippen molar-refractivity contribution in [2.45, 2.75) is 59.8 Å². The fourth-order valence-electron chi connectivity index (χ4n) is 2.54. The normalized spacial score (nSPS) is 14.5. The number of ether oxygens (including phenoxy) is 2. The monoisotopic (exact) mass is 293 g/mol. The minimum absolute atomic E-state index is 0.173. The molecule has 0 saturated carbocycles. The van der Waals surface area contributed by atoms with Gasteiger partial charge in [0.05, 0.1) is 18.2 Å². The van der Waals surface area contributed by atoms with E-state index in [-0.39, 0.29) is 18.2 Å². The van der Waals surface area contributed by atoms with Crippen molar-refractivity contribution in [2.24, 2.45) is 5.92 Å². The van der Waals surface area contributed by atoms with E-state index in [1.165, 1.54) is 5.56 Å². The zero-order valence-electron chi connectivity index (χ0n) is 14.3. The summed E-state index contributed by atoms with van der Waals surface area (Å²) in [5.41, 5.74) is 1.25. The highest BCUT2D eigenvalue weighted by Gasteiger charge is 2.25. The van der Waals surface area contributed by atoms with E-state index < -0.39 is 0 Å². The molecule has 2 unspecified atom stereocenters. The van der Waals surface area contributed by atoms with Crippen LogP contribution in [-0.2, 0) is 4.74 Å². The van der Waals surface area contributed by atoms with Gasteiger partial charge < -0.3 is 14.8 Å². The molecule has 0 amide bonds. The zero-order chi connectivity index (χ0) is 15.8. The standard InChI is InChI=1S/C18H31NO2/c1-7-19-17(18(13(3)4)20-8-2)15-9-11-16(12-10-15)21-14(5)6/h9-14,17-19H,7-8H2,1-6H3. The van der Waals surface area contributed by atoms with Crippen LogP contribution in [0.5, 0.6) is 5.75 Å². The second kappa shape index (κ2) is 9.06. The topological polar surface area (TPSA) is 30.5 Å². The van der Waals surface area contributed by atoms with Gasteiger partial charge in [-0.2, -0.15) is 0 Å². The Kier molecular flexibility index (Phi) is 7.76. The summed E-state index contributed by atoms with van der Waals surface area (Å²) >= 11 is 0. The van der Waals surface area contributed by atoms with E-state index in [1.807, 2.05) is 26.0 Å². The van der Waals surface area contributed by atoms with Crippen molar-refractivity contribution in [1.82, 2.24) is 5.32 Å². The van der Waals surface area contributed by atoms with Gasteiger partial charge in [0.1, 0.15) is 5.75 Å². The zero-order valence-corrected chi connectivity index (χ0v) is 14.3. The summed E-state index contributed by atoms with van der Waals surface area (Å²) in [4.78, 5) is 0. The molecule has 0 aliphatic heterocycles. The molecule has 3 nitrogen and oxygen atoms in total. The van der Waals surface area contributed by atoms with Gasteiger partial charge in [-0.05, 0) is 50.9 Å². The van der Waals surface area contributed by atoms with E-state index in [0.29, 0.717) is 5.92 Å². The molecule has 1 N–H and O–H groups in total. The van der Waals surface area contributed by atoms with Gasteiger partial charge in [-0.25, -0.2) is 0 Å². The van der Waals surface area contributed by atoms with Crippen molar-refractivity contribution in [3.8, 4) is 5.75 Å². The van der Waals surface area contributed by atoms with Crippen LogP contribution in [0.2, 0.25) is 0 Å². The Morgan fingerprint density at radius 3 is 2.05 bits per heavy atom. The average molecular weight is 293 g/mol. The Bertz CT molecular complexity index is 387. The van der Waals surface area contributed by atoms with Crippen molar-refractivity contribution < 1.29 is 9.47 Å². The predicted molar refractivity (Wildman–Crippen MR) is 88.9 cm³/mol. The van der Waals surface area contributed by atoms with E-state index >= 15 is 0 Å². The number of likely N-dealkylation sites (N-methyl/N-ethyl adjacent to an activating group) is 1. The molecule has 0 aliphatic carbocycles. The second-order valence-corrected chi connectivity index (χ2v) is 5.93. The summed E-state index contributed by atoms with van der Waals surface area (Å²) in [7, 11) is 0. The summed E-state index contributed by atoms with van der Waals surface area (Å²) in [6.45, 7) is 14.3. The van der Waals surface area contributed by atoms with Gasteiger partial charge in [0.2, 0.25) is 0 Å². The average Bonchev–Trinajstić information content (AvgIpc) is 2.43. The molecule has 0 bridgehead atoms. The van der Waals surface area contributed by atoms with E-state index in [2.05, 4.69) is 45.1 Å². The van der Waals surface area contributed by atoms with Crippen LogP contribution in [0.25, 0.3) is 0 Å². The number of benzene rings is 1. The van der Waals surface area contributed by atoms with Crippen LogP contribution >= 0.6 is 0 Å². The van der Waals surface area contributed by atoms with Gasteiger partial charge in [-0.1, -0.05) is 32.9 Å². The maximum Gasteiger partial charge on any atom is 0.119 e. The van der Waals surface area contributed by atoms with Gasteiger partial charge in [0.25, 0.3) is 0 Å². The fraction of sp³-hybridized carbons (Fsp3) is 0.667. The van der Waals surface area contributed by atoms with Gasteiger partial charge in [-0.15, -0.1) is 0 Å². The molecule has 0 saturated heterocycles. The minimum atomic E-state index is 0.173. The molecule has 2 atom stereocenters. The molecule has 120 valence electrons. The molecule has 0 fully saturated rings. The maximum atomic E-state index is 5.97. The second-order valence-electron chi connectivity index (χ2n) is 5.93. The van der Waals surface area contributed by atoms with Gasteiger partial charge in [0.15, 0.2) is 0 Å². The number of nitrogens with one attached hydrogen (secondary N) is 1. The third-order valence-electron chi connectivity index (χ3n) is 3.38. The Morgan fingerprint density at radius 1 is 1.00 bits per heavy atom. The molecule has 21 heavy (non-hydrogen) atoms. The molecule has 3 heteroatoms. The SMILES string of the molecule is CCNC(c1ccc(OC(C)C)cc1)C(OCC)C(C)C. The number of hydrogen-bond acceptors (Lipinski definition) is 3. The minimum Gasteiger partial charge on any atom is -0.491 e. The highest BCUT2D eigenvalue weighted by atomic mass is 16.5. The maximum absolute atomic E-state index is 5.97. The quantitative estimate of drug-likeness (QED) is 0.740. The lowest BCUT2D eigenvalue weighted by Crippen LogP contribution is -2.37. The lowest BCUT2D eigenvalue weighted by molar-refractivity contribution is 0.00316. The Hall–Kier alpha value is -1.06. The largest absolute Gasteiger partial charge is 0.491 e. The Labute approximate surface area is 130 Å². The molecule has 1 rings (SSSR count). The third kappa shape index (κ3) is 5.68. The lowest BCUT2D eigenvalue weighted by Gasteiger charge is -2.31. The van der Waals surface area contributed by atoms with Gasteiger partial charge in [0, 0.05) is 6.61 Å². The summed E-state index contributed by atoms with van der Waals surface area (Å²) in [5.74, 6) is 1.38. The highest BCUT2D eigenvalue weighted by Crippen LogP contribution is 2.26. The van der Waals surface area contributed by atoms with Crippen LogP contribution in [0.4, 0.5) is 0 Å². The first-order valence-corrected chi connectivity index (χ1v) is 8.11. The Balaban J connectivity index is 2.93. The molecular formula is C18H31NO2. The summed E-state index contributed by atoms with van der Waals surface area (Å²) in [6, 6.07) is 8.58. The van der Waals surface area contributed by atoms with Gasteiger partial charge in [-0.3, -0.25) is 0 Å². The smallest absolute Gasteiger partial charge is 0.119 e. The first-order chi connectivity index (χ1) is 9.99. The molecule has 0 aliphatic rings. The predicted octanol–water partition coefficient (Wildman–Crippen LogP) is 4.19. The molecule has 0 spiro atoms. The Morgan fingerprint density at radius 2 is 1.62 bits per heavy atom. The van der Waals surface area contributed by atoms with Crippen molar-refractivity contribution in [2.75, 3.05) is 13.2 Å². The number of rotatable bonds is 9. The van der Waals surface area contributed by atoms with E-state index in [4.69, 9.17) is 9.47 Å². The van der Waals surface area contributed by atoms with E-state index in [1.54, 1.807) is 0 Å². The lowest BCUT2D eigenvalue weighted by atomic mass is 9.93. The molecule has 0 radical (unpaired) electrons. The van der Waals surface area contributed by atoms with Crippen molar-refractivity contribution in [3.05, 3.63) is 29.8 Å². The summed E-state index contributed by atoms with van der Waals surface area (Å²) < 4.78 is 11.7. The van der Waals surface area contributed by atoms with Gasteiger partial charge >= 0.3 is 0 Å². The van der Waals surface area contributed by atoms with Crippen molar-refractivity contribution in [3.63, 3.8) is 0 Å². The van der Waals surface area contributed by atoms with Crippen molar-refractivity contribution >= 4 is 0 Å². The molecular weight excluding hydrogens is 262 g/mol. The van der Waals surface area contributed by atoms with Crippen molar-refractivity contribution in [1.29, 1.82) is 0 Å². The first kappa shape index (κ1) is 18.0. The summed E-state index contributed by atoms with van der Waals surface area (Å²) in [6.07, 6.45) is 0.374. The van der Waals surface area contributed by atoms with Crippen LogP contribution in [0.1, 0.15) is 53.1 Å². The summed E-state index contributed by atoms with van der Waals surface area (Å²) in [5, 5.41) is 3.56. The molecule has 0 heterocycles. The van der Waals surface area contributed by atoms with Crippen LogP contribution in [0, 0.1) is 5.92 Å². The molecule has 1 aromatic carbocycles. The van der Waals surface area contributed by atoms with E-state index in [0.717, 1.165) is 18.9 Å². The van der Waals surface area contributed by atoms with Crippen LogP contribution in [-0.4, -0.2) is 25.4 Å². The molecule has 1 aromatic rings. The molecule has 0 aromatic heterocycles. The van der Waals surface area contributed by atoms with E-state index in [9.17, 15) is 0 Å². The third-order valence-corrected chi connectivity index (χ3v) is 3.38.